The van der Waals surface area contributed by atoms with E-state index in [9.17, 15) is 39.6 Å². The Hall–Kier alpha value is -2.12. The molecule has 1 aliphatic heterocycles. The van der Waals surface area contributed by atoms with E-state index >= 15 is 0 Å². The Morgan fingerprint density at radius 1 is 0.939 bits per heavy atom. The van der Waals surface area contributed by atoms with Crippen LogP contribution in [0, 0.1) is 5.92 Å². The Bertz CT molecular complexity index is 1140. The molecule has 0 saturated carbocycles. The zero-order valence-corrected chi connectivity index (χ0v) is 19.1. The number of hydrogen-bond acceptors (Lipinski definition) is 3. The number of nitrogens with zero attached hydrogens (tertiary/aromatic N) is 1. The van der Waals surface area contributed by atoms with Crippen LogP contribution in [0.5, 0.6) is 0 Å². The smallest absolute Gasteiger partial charge is 0.326 e. The highest BCUT2D eigenvalue weighted by Crippen LogP contribution is 2.37. The largest absolute Gasteiger partial charge is 0.417 e. The van der Waals surface area contributed by atoms with Gasteiger partial charge in [-0.1, -0.05) is 28.1 Å². The van der Waals surface area contributed by atoms with Crippen molar-refractivity contribution in [3.05, 3.63) is 58.1 Å². The first-order valence-corrected chi connectivity index (χ1v) is 11.8. The van der Waals surface area contributed by atoms with E-state index < -0.39 is 50.2 Å². The van der Waals surface area contributed by atoms with E-state index in [1.165, 1.54) is 12.1 Å². The second-order valence-corrected chi connectivity index (χ2v) is 10.1. The molecule has 1 saturated heterocycles. The summed E-state index contributed by atoms with van der Waals surface area (Å²) in [6.07, 6.45) is -9.49. The third-order valence-electron chi connectivity index (χ3n) is 5.17. The fraction of sp³-hybridized carbons (Fsp3) is 0.350. The number of rotatable bonds is 4. The molecule has 0 aliphatic carbocycles. The molecule has 33 heavy (non-hydrogen) atoms. The Morgan fingerprint density at radius 3 is 2.09 bits per heavy atom. The van der Waals surface area contributed by atoms with Gasteiger partial charge >= 0.3 is 12.4 Å². The van der Waals surface area contributed by atoms with Crippen molar-refractivity contribution in [2.45, 2.75) is 30.1 Å². The number of nitrogens with one attached hydrogen (secondary N) is 1. The number of sulfonamides is 1. The van der Waals surface area contributed by atoms with E-state index in [1.54, 1.807) is 0 Å². The van der Waals surface area contributed by atoms with E-state index in [1.807, 2.05) is 0 Å². The van der Waals surface area contributed by atoms with Crippen LogP contribution in [0.1, 0.15) is 24.0 Å². The van der Waals surface area contributed by atoms with Crippen LogP contribution in [0.4, 0.5) is 32.0 Å². The second kappa shape index (κ2) is 9.26. The van der Waals surface area contributed by atoms with Crippen LogP contribution >= 0.6 is 15.9 Å². The van der Waals surface area contributed by atoms with Crippen molar-refractivity contribution < 1.29 is 39.6 Å². The minimum Gasteiger partial charge on any atom is -0.326 e. The first-order chi connectivity index (χ1) is 15.2. The molecule has 0 aromatic heterocycles. The van der Waals surface area contributed by atoms with Crippen molar-refractivity contribution in [3.8, 4) is 0 Å². The zero-order chi connectivity index (χ0) is 24.6. The molecule has 0 bridgehead atoms. The van der Waals surface area contributed by atoms with Gasteiger partial charge in [0.2, 0.25) is 15.9 Å². The van der Waals surface area contributed by atoms with Crippen LogP contribution in [-0.2, 0) is 27.2 Å². The first-order valence-electron chi connectivity index (χ1n) is 9.55. The van der Waals surface area contributed by atoms with E-state index in [0.717, 1.165) is 28.6 Å². The molecule has 2 aromatic carbocycles. The average Bonchev–Trinajstić information content (AvgIpc) is 2.73. The van der Waals surface area contributed by atoms with Gasteiger partial charge < -0.3 is 5.32 Å². The van der Waals surface area contributed by atoms with Gasteiger partial charge in [-0.3, -0.25) is 4.79 Å². The molecule has 1 N–H and O–H groups in total. The molecule has 1 heterocycles. The molecular formula is C20H17BrF6N2O3S. The maximum atomic E-state index is 13.2. The summed E-state index contributed by atoms with van der Waals surface area (Å²) in [5.74, 6) is -1.31. The zero-order valence-electron chi connectivity index (χ0n) is 16.7. The summed E-state index contributed by atoms with van der Waals surface area (Å²) < 4.78 is 105. The Labute approximate surface area is 193 Å². The molecule has 180 valence electrons. The van der Waals surface area contributed by atoms with Gasteiger partial charge in [-0.05, 0) is 43.2 Å². The van der Waals surface area contributed by atoms with Gasteiger partial charge in [0, 0.05) is 29.2 Å². The van der Waals surface area contributed by atoms with Crippen LogP contribution in [0.15, 0.2) is 51.8 Å². The molecule has 1 amide bonds. The van der Waals surface area contributed by atoms with Gasteiger partial charge in [0.25, 0.3) is 0 Å². The number of piperidine rings is 1. The van der Waals surface area contributed by atoms with Crippen molar-refractivity contribution in [2.75, 3.05) is 18.4 Å². The summed E-state index contributed by atoms with van der Waals surface area (Å²) in [5, 5.41) is 2.39. The van der Waals surface area contributed by atoms with Crippen LogP contribution in [0.3, 0.4) is 0 Å². The fourth-order valence-electron chi connectivity index (χ4n) is 3.49. The Morgan fingerprint density at radius 2 is 1.52 bits per heavy atom. The van der Waals surface area contributed by atoms with Gasteiger partial charge in [0.1, 0.15) is 0 Å². The van der Waals surface area contributed by atoms with Gasteiger partial charge in [0.15, 0.2) is 0 Å². The predicted octanol–water partition coefficient (Wildman–Crippen LogP) is 5.53. The van der Waals surface area contributed by atoms with E-state index in [2.05, 4.69) is 21.2 Å². The van der Waals surface area contributed by atoms with Gasteiger partial charge in [-0.25, -0.2) is 8.42 Å². The highest BCUT2D eigenvalue weighted by Gasteiger charge is 2.40. The standard InChI is InChI=1S/C20H17BrF6N2O3S/c21-16-6-5-13(11-15(16)20(25,26)27)28-18(30)12-7-9-29(10-8-12)33(31,32)17-4-2-1-3-14(17)19(22,23)24/h1-6,11-12H,7-10H2,(H,28,30). The highest BCUT2D eigenvalue weighted by atomic mass is 79.9. The number of hydrogen-bond donors (Lipinski definition) is 1. The van der Waals surface area contributed by atoms with Crippen LogP contribution in [0.2, 0.25) is 0 Å². The number of amides is 1. The minimum atomic E-state index is -4.86. The molecule has 0 unspecified atom stereocenters. The van der Waals surface area contributed by atoms with Gasteiger partial charge in [-0.15, -0.1) is 0 Å². The number of carbonyl (C=O) groups excluding carboxylic acids is 1. The summed E-state index contributed by atoms with van der Waals surface area (Å²) in [4.78, 5) is 11.6. The lowest BCUT2D eigenvalue weighted by Crippen LogP contribution is -2.41. The number of anilines is 1. The van der Waals surface area contributed by atoms with Crippen LogP contribution in [-0.4, -0.2) is 31.7 Å². The van der Waals surface area contributed by atoms with E-state index in [-0.39, 0.29) is 36.1 Å². The summed E-state index contributed by atoms with van der Waals surface area (Å²) in [7, 11) is -4.46. The van der Waals surface area contributed by atoms with Gasteiger partial charge in [-0.2, -0.15) is 30.6 Å². The number of benzene rings is 2. The van der Waals surface area contributed by atoms with Crippen molar-refractivity contribution >= 4 is 37.5 Å². The third-order valence-corrected chi connectivity index (χ3v) is 7.82. The number of alkyl halides is 6. The normalized spacial score (nSPS) is 16.6. The Kier molecular flexibility index (Phi) is 7.16. The van der Waals surface area contributed by atoms with Crippen molar-refractivity contribution in [3.63, 3.8) is 0 Å². The maximum absolute atomic E-state index is 13.2. The van der Waals surface area contributed by atoms with Crippen molar-refractivity contribution in [1.29, 1.82) is 0 Å². The summed E-state index contributed by atoms with van der Waals surface area (Å²) >= 11 is 2.81. The molecule has 5 nitrogen and oxygen atoms in total. The van der Waals surface area contributed by atoms with Crippen LogP contribution in [0.25, 0.3) is 0 Å². The highest BCUT2D eigenvalue weighted by molar-refractivity contribution is 9.10. The summed E-state index contributed by atoms with van der Waals surface area (Å²) in [6, 6.07) is 7.04. The topological polar surface area (TPSA) is 66.5 Å². The molecule has 0 atom stereocenters. The predicted molar refractivity (Wildman–Crippen MR) is 111 cm³/mol. The molecule has 2 aromatic rings. The Balaban J connectivity index is 1.70. The average molecular weight is 559 g/mol. The van der Waals surface area contributed by atoms with E-state index in [0.29, 0.717) is 6.07 Å². The van der Waals surface area contributed by atoms with Crippen molar-refractivity contribution in [1.82, 2.24) is 4.31 Å². The molecule has 13 heteroatoms. The maximum Gasteiger partial charge on any atom is 0.417 e. The monoisotopic (exact) mass is 558 g/mol. The lowest BCUT2D eigenvalue weighted by Gasteiger charge is -2.31. The lowest BCUT2D eigenvalue weighted by molar-refractivity contribution is -0.140. The van der Waals surface area contributed by atoms with Crippen LogP contribution < -0.4 is 5.32 Å². The number of carbonyl (C=O) groups is 1. The molecular weight excluding hydrogens is 542 g/mol. The third kappa shape index (κ3) is 5.69. The summed E-state index contributed by atoms with van der Waals surface area (Å²) in [6.45, 7) is -0.415. The number of halogens is 7. The molecule has 1 fully saturated rings. The molecule has 0 radical (unpaired) electrons. The van der Waals surface area contributed by atoms with E-state index in [4.69, 9.17) is 0 Å². The molecule has 3 rings (SSSR count). The molecule has 1 aliphatic rings. The summed E-state index contributed by atoms with van der Waals surface area (Å²) in [5.41, 5.74) is -2.32. The lowest BCUT2D eigenvalue weighted by atomic mass is 9.97. The fourth-order valence-corrected chi connectivity index (χ4v) is 5.64. The quantitative estimate of drug-likeness (QED) is 0.502. The first kappa shape index (κ1) is 25.5. The SMILES string of the molecule is O=C(Nc1ccc(Br)c(C(F)(F)F)c1)C1CCN(S(=O)(=O)c2ccccc2C(F)(F)F)CC1. The second-order valence-electron chi connectivity index (χ2n) is 7.35. The van der Waals surface area contributed by atoms with Crippen molar-refractivity contribution in [2.24, 2.45) is 5.92 Å². The molecule has 0 spiro atoms. The minimum absolute atomic E-state index is 0.00189. The van der Waals surface area contributed by atoms with Gasteiger partial charge in [0.05, 0.1) is 16.0 Å².